The molecule has 0 radical (unpaired) electrons. The van der Waals surface area contributed by atoms with Crippen LogP contribution < -0.4 is 9.47 Å². The van der Waals surface area contributed by atoms with Gasteiger partial charge in [0.2, 0.25) is 11.5 Å². The maximum absolute atomic E-state index is 11.1. The van der Waals surface area contributed by atoms with Crippen LogP contribution in [-0.4, -0.2) is 34.5 Å². The van der Waals surface area contributed by atoms with Crippen molar-refractivity contribution in [2.45, 2.75) is 20.8 Å². The Morgan fingerprint density at radius 3 is 2.00 bits per heavy atom. The number of hydrogen-bond acceptors (Lipinski definition) is 5. The van der Waals surface area contributed by atoms with E-state index >= 15 is 0 Å². The van der Waals surface area contributed by atoms with Gasteiger partial charge in [0.15, 0.2) is 11.5 Å². The van der Waals surface area contributed by atoms with E-state index in [-0.39, 0.29) is 35.8 Å². The van der Waals surface area contributed by atoms with Crippen LogP contribution in [-0.2, 0) is 0 Å². The molecule has 6 nitrogen and oxygen atoms in total. The molecule has 0 saturated carbocycles. The average molecular weight is 256 g/mol. The molecule has 0 bridgehead atoms. The molecular weight excluding hydrogens is 240 g/mol. The molecule has 0 amide bonds. The number of hydrogen-bond donors (Lipinski definition) is 3. The summed E-state index contributed by atoms with van der Waals surface area (Å²) in [6.07, 6.45) is 0. The minimum atomic E-state index is -1.34. The molecule has 1 aromatic rings. The fourth-order valence-electron chi connectivity index (χ4n) is 1.65. The van der Waals surface area contributed by atoms with E-state index in [1.54, 1.807) is 13.8 Å². The first-order valence-electron chi connectivity index (χ1n) is 5.52. The first-order valence-corrected chi connectivity index (χ1v) is 5.52. The van der Waals surface area contributed by atoms with Crippen molar-refractivity contribution >= 4 is 5.97 Å². The van der Waals surface area contributed by atoms with E-state index < -0.39 is 17.5 Å². The van der Waals surface area contributed by atoms with Gasteiger partial charge < -0.3 is 24.8 Å². The Balaban J connectivity index is 3.58. The van der Waals surface area contributed by atoms with Crippen molar-refractivity contribution < 1.29 is 29.6 Å². The zero-order valence-corrected chi connectivity index (χ0v) is 10.5. The largest absolute Gasteiger partial charge is 0.504 e. The van der Waals surface area contributed by atoms with Crippen LogP contribution in [0.4, 0.5) is 0 Å². The van der Waals surface area contributed by atoms with Gasteiger partial charge in [0.25, 0.3) is 0 Å². The molecule has 0 saturated heterocycles. The zero-order valence-electron chi connectivity index (χ0n) is 10.5. The van der Waals surface area contributed by atoms with E-state index in [2.05, 4.69) is 0 Å². The Labute approximate surface area is 104 Å². The Morgan fingerprint density at radius 2 is 1.56 bits per heavy atom. The molecule has 0 heterocycles. The van der Waals surface area contributed by atoms with Gasteiger partial charge in [-0.2, -0.15) is 0 Å². The minimum Gasteiger partial charge on any atom is -0.504 e. The lowest BCUT2D eigenvalue weighted by atomic mass is 10.0. The van der Waals surface area contributed by atoms with Crippen molar-refractivity contribution in [3.05, 3.63) is 11.1 Å². The highest BCUT2D eigenvalue weighted by Gasteiger charge is 2.27. The molecule has 0 fully saturated rings. The molecule has 0 unspecified atom stereocenters. The van der Waals surface area contributed by atoms with Gasteiger partial charge in [-0.15, -0.1) is 0 Å². The van der Waals surface area contributed by atoms with Gasteiger partial charge in [0, 0.05) is 5.56 Å². The summed E-state index contributed by atoms with van der Waals surface area (Å²) in [6.45, 7) is 5.44. The molecule has 18 heavy (non-hydrogen) atoms. The Bertz CT molecular complexity index is 466. The highest BCUT2D eigenvalue weighted by molar-refractivity contribution is 5.95. The van der Waals surface area contributed by atoms with Crippen molar-refractivity contribution in [3.8, 4) is 23.0 Å². The standard InChI is InChI=1S/C12H16O6/c1-4-17-10-6(3)7(12(15)16)8(13)9(14)11(10)18-5-2/h13-14H,4-5H2,1-3H3,(H,15,16). The van der Waals surface area contributed by atoms with E-state index in [1.807, 2.05) is 0 Å². The van der Waals surface area contributed by atoms with Crippen molar-refractivity contribution in [2.75, 3.05) is 13.2 Å². The number of aromatic carboxylic acids is 1. The third kappa shape index (κ3) is 2.27. The lowest BCUT2D eigenvalue weighted by Gasteiger charge is -2.17. The molecule has 1 rings (SSSR count). The summed E-state index contributed by atoms with van der Waals surface area (Å²) in [6, 6.07) is 0. The molecule has 1 aromatic carbocycles. The molecule has 6 heteroatoms. The molecule has 0 aliphatic carbocycles. The summed E-state index contributed by atoms with van der Waals surface area (Å²) in [7, 11) is 0. The number of rotatable bonds is 5. The fourth-order valence-corrected chi connectivity index (χ4v) is 1.65. The molecular formula is C12H16O6. The Hall–Kier alpha value is -2.11. The van der Waals surface area contributed by atoms with Gasteiger partial charge in [-0.25, -0.2) is 4.79 Å². The molecule has 0 spiro atoms. The first kappa shape index (κ1) is 14.0. The molecule has 0 aromatic heterocycles. The average Bonchev–Trinajstić information content (AvgIpc) is 2.30. The summed E-state index contributed by atoms with van der Waals surface area (Å²) in [5, 5.41) is 28.5. The second-order valence-electron chi connectivity index (χ2n) is 3.53. The summed E-state index contributed by atoms with van der Waals surface area (Å²) in [5.41, 5.74) is -0.178. The number of phenols is 2. The van der Waals surface area contributed by atoms with Crippen molar-refractivity contribution in [1.29, 1.82) is 0 Å². The van der Waals surface area contributed by atoms with Gasteiger partial charge in [-0.1, -0.05) is 0 Å². The predicted octanol–water partition coefficient (Wildman–Crippen LogP) is 1.90. The molecule has 3 N–H and O–H groups in total. The van der Waals surface area contributed by atoms with E-state index in [0.29, 0.717) is 0 Å². The number of aromatic hydroxyl groups is 2. The second kappa shape index (κ2) is 5.48. The minimum absolute atomic E-state index is 0.0423. The number of carbonyl (C=O) groups is 1. The first-order chi connectivity index (χ1) is 8.45. The van der Waals surface area contributed by atoms with Crippen LogP contribution in [0, 0.1) is 6.92 Å². The second-order valence-corrected chi connectivity index (χ2v) is 3.53. The molecule has 0 aliphatic rings. The van der Waals surface area contributed by atoms with Crippen LogP contribution in [0.3, 0.4) is 0 Å². The maximum atomic E-state index is 11.1. The highest BCUT2D eigenvalue weighted by atomic mass is 16.5. The summed E-state index contributed by atoms with van der Waals surface area (Å²) >= 11 is 0. The van der Waals surface area contributed by atoms with E-state index in [1.165, 1.54) is 6.92 Å². The Kier molecular flexibility index (Phi) is 4.25. The molecule has 0 aliphatic heterocycles. The lowest BCUT2D eigenvalue weighted by Crippen LogP contribution is -2.07. The third-order valence-corrected chi connectivity index (χ3v) is 2.39. The van der Waals surface area contributed by atoms with Crippen LogP contribution in [0.5, 0.6) is 23.0 Å². The van der Waals surface area contributed by atoms with Gasteiger partial charge in [-0.3, -0.25) is 0 Å². The highest BCUT2D eigenvalue weighted by Crippen LogP contribution is 2.48. The summed E-state index contributed by atoms with van der Waals surface area (Å²) < 4.78 is 10.5. The van der Waals surface area contributed by atoms with Crippen LogP contribution in [0.15, 0.2) is 0 Å². The number of phenolic OH excluding ortho intramolecular Hbond substituents is 1. The summed E-state index contributed by atoms with van der Waals surface area (Å²) in [4.78, 5) is 11.1. The summed E-state index contributed by atoms with van der Waals surface area (Å²) in [5.74, 6) is -2.59. The van der Waals surface area contributed by atoms with Crippen molar-refractivity contribution in [2.24, 2.45) is 0 Å². The van der Waals surface area contributed by atoms with Crippen molar-refractivity contribution in [3.63, 3.8) is 0 Å². The van der Waals surface area contributed by atoms with Gasteiger partial charge >= 0.3 is 5.97 Å². The molecule has 0 atom stereocenters. The number of benzene rings is 1. The quantitative estimate of drug-likeness (QED) is 0.696. The van der Waals surface area contributed by atoms with Crippen LogP contribution in [0.1, 0.15) is 29.8 Å². The van der Waals surface area contributed by atoms with Gasteiger partial charge in [0.1, 0.15) is 5.56 Å². The smallest absolute Gasteiger partial charge is 0.340 e. The number of ether oxygens (including phenoxy) is 2. The van der Waals surface area contributed by atoms with E-state index in [4.69, 9.17) is 14.6 Å². The van der Waals surface area contributed by atoms with Crippen molar-refractivity contribution in [1.82, 2.24) is 0 Å². The van der Waals surface area contributed by atoms with Crippen LogP contribution in [0.25, 0.3) is 0 Å². The number of carboxylic acids is 1. The zero-order chi connectivity index (χ0) is 13.9. The van der Waals surface area contributed by atoms with E-state index in [0.717, 1.165) is 0 Å². The van der Waals surface area contributed by atoms with Crippen LogP contribution in [0.2, 0.25) is 0 Å². The maximum Gasteiger partial charge on any atom is 0.340 e. The predicted molar refractivity (Wildman–Crippen MR) is 63.8 cm³/mol. The third-order valence-electron chi connectivity index (χ3n) is 2.39. The van der Waals surface area contributed by atoms with Gasteiger partial charge in [-0.05, 0) is 20.8 Å². The lowest BCUT2D eigenvalue weighted by molar-refractivity contribution is 0.0691. The molecule has 100 valence electrons. The SMILES string of the molecule is CCOc1c(C)c(C(=O)O)c(O)c(O)c1OCC. The van der Waals surface area contributed by atoms with Gasteiger partial charge in [0.05, 0.1) is 13.2 Å². The topological polar surface area (TPSA) is 96.2 Å². The van der Waals surface area contributed by atoms with Crippen LogP contribution >= 0.6 is 0 Å². The number of carboxylic acid groups (broad SMARTS) is 1. The Morgan fingerprint density at radius 1 is 1.06 bits per heavy atom. The fraction of sp³-hybridized carbons (Fsp3) is 0.417. The van der Waals surface area contributed by atoms with E-state index in [9.17, 15) is 15.0 Å². The monoisotopic (exact) mass is 256 g/mol. The normalized spacial score (nSPS) is 10.2.